The number of nitrogens with zero attached hydrogens (tertiary/aromatic N) is 1. The summed E-state index contributed by atoms with van der Waals surface area (Å²) in [5, 5.41) is 15.5. The van der Waals surface area contributed by atoms with Crippen LogP contribution in [0.3, 0.4) is 0 Å². The van der Waals surface area contributed by atoms with E-state index in [1.807, 2.05) is 0 Å². The van der Waals surface area contributed by atoms with E-state index in [2.05, 4.69) is 41.6 Å². The number of carbonyl (C=O) groups excluding carboxylic acids is 8. The van der Waals surface area contributed by atoms with E-state index in [9.17, 15) is 46.8 Å². The number of unbranched alkanes of at least 4 members (excludes halogenated alkanes) is 1. The molecule has 3 aromatic carbocycles. The van der Waals surface area contributed by atoms with E-state index in [1.54, 1.807) is 129 Å². The summed E-state index contributed by atoms with van der Waals surface area (Å²) in [5.74, 6) is -8.66. The lowest BCUT2D eigenvalue weighted by molar-refractivity contribution is -0.164. The van der Waals surface area contributed by atoms with Crippen molar-refractivity contribution in [3.05, 3.63) is 94.5 Å². The Morgan fingerprint density at radius 2 is 1.23 bits per heavy atom. The van der Waals surface area contributed by atoms with Crippen molar-refractivity contribution in [1.29, 1.82) is 0 Å². The number of hydrogen-bond donors (Lipinski definition) is 8. The Hall–Kier alpha value is -7.80. The van der Waals surface area contributed by atoms with Gasteiger partial charge in [0.25, 0.3) is 10.0 Å². The molecule has 0 aliphatic carbocycles. The summed E-state index contributed by atoms with van der Waals surface area (Å²) >= 11 is 0. The number of hydrogen-bond acceptors (Lipinski definition) is 16. The average molecular weight is 1150 g/mol. The first-order valence-electron chi connectivity index (χ1n) is 26.5. The highest BCUT2D eigenvalue weighted by Gasteiger charge is 2.39. The van der Waals surface area contributed by atoms with Crippen molar-refractivity contribution in [2.45, 2.75) is 154 Å². The quantitative estimate of drug-likeness (QED) is 0.0179. The number of amides is 6. The Morgan fingerprint density at radius 3 is 1.79 bits per heavy atom. The van der Waals surface area contributed by atoms with Gasteiger partial charge < -0.3 is 61.3 Å². The number of nitrogens with one attached hydrogen (secondary N) is 7. The molecular weight excluding hydrogens is 1070 g/mol. The van der Waals surface area contributed by atoms with E-state index in [4.69, 9.17) is 29.4 Å². The van der Waals surface area contributed by atoms with Gasteiger partial charge in [0.15, 0.2) is 5.92 Å². The molecule has 4 atom stereocenters. The van der Waals surface area contributed by atoms with Crippen molar-refractivity contribution < 1.29 is 70.5 Å². The van der Waals surface area contributed by atoms with E-state index < -0.39 is 124 Å². The van der Waals surface area contributed by atoms with Crippen molar-refractivity contribution in [1.82, 2.24) is 36.6 Å². The van der Waals surface area contributed by atoms with Crippen LogP contribution in [0.5, 0.6) is 5.75 Å². The Morgan fingerprint density at radius 1 is 0.704 bits per heavy atom. The number of aryl methyl sites for hydroxylation is 1. The Kier molecular flexibility index (Phi) is 24.9. The smallest absolute Gasteiger partial charge is 0.407 e. The summed E-state index contributed by atoms with van der Waals surface area (Å²) < 4.78 is 57.2. The van der Waals surface area contributed by atoms with Crippen molar-refractivity contribution in [2.75, 3.05) is 33.4 Å². The van der Waals surface area contributed by atoms with Gasteiger partial charge in [0.1, 0.15) is 48.7 Å². The predicted molar refractivity (Wildman–Crippen MR) is 298 cm³/mol. The highest BCUT2D eigenvalue weighted by molar-refractivity contribution is 7.90. The van der Waals surface area contributed by atoms with Crippen molar-refractivity contribution in [3.63, 3.8) is 0 Å². The summed E-state index contributed by atoms with van der Waals surface area (Å²) in [5.41, 5.74) is 7.04. The number of guanidine groups is 1. The molecule has 1 fully saturated rings. The van der Waals surface area contributed by atoms with Gasteiger partial charge in [-0.05, 0) is 128 Å². The highest BCUT2D eigenvalue weighted by atomic mass is 32.2. The minimum absolute atomic E-state index is 0.00882. The van der Waals surface area contributed by atoms with Gasteiger partial charge in [-0.2, -0.15) is 0 Å². The van der Waals surface area contributed by atoms with Crippen LogP contribution in [0.1, 0.15) is 108 Å². The third-order valence-corrected chi connectivity index (χ3v) is 14.0. The molecule has 6 amide bonds. The SMILES string of the molecule is COc1cc(C)c(S(=O)(=O)NC(N)=NCCC[C@@H]2NC(=O)[C@H](CCCCNC(=O)OC(C)(C)C)NC(=O)[C@H](COC(C)(C)C)NC(=O)[C@H](CC(C(=O)OCc3ccccc3)C(=O)OCc3ccccc3)NC(=O)CNC2=O)c(C)c1C. The largest absolute Gasteiger partial charge is 0.496 e. The molecule has 1 heterocycles. The number of benzene rings is 3. The fourth-order valence-electron chi connectivity index (χ4n) is 8.16. The number of carbonyl (C=O) groups is 8. The molecule has 25 heteroatoms. The van der Waals surface area contributed by atoms with Crippen molar-refractivity contribution in [3.8, 4) is 5.75 Å². The fourth-order valence-corrected chi connectivity index (χ4v) is 9.64. The lowest BCUT2D eigenvalue weighted by atomic mass is 9.98. The zero-order valence-electron chi connectivity index (χ0n) is 47.8. The van der Waals surface area contributed by atoms with Gasteiger partial charge >= 0.3 is 18.0 Å². The number of rotatable bonds is 22. The van der Waals surface area contributed by atoms with E-state index in [0.717, 1.165) is 0 Å². The lowest BCUT2D eigenvalue weighted by Gasteiger charge is -2.28. The molecular formula is C56H79N9O15S. The van der Waals surface area contributed by atoms with Crippen LogP contribution in [0.25, 0.3) is 0 Å². The molecule has 0 unspecified atom stereocenters. The first-order valence-corrected chi connectivity index (χ1v) is 28.0. The number of sulfonamides is 1. The summed E-state index contributed by atoms with van der Waals surface area (Å²) in [6.07, 6.45) is -1.10. The molecule has 0 spiro atoms. The van der Waals surface area contributed by atoms with Crippen LogP contribution < -0.4 is 47.1 Å². The molecule has 4 rings (SSSR count). The first-order chi connectivity index (χ1) is 38.1. The maximum absolute atomic E-state index is 14.5. The molecule has 0 saturated carbocycles. The summed E-state index contributed by atoms with van der Waals surface area (Å²) in [7, 11) is -2.76. The fraction of sp³-hybridized carbons (Fsp3) is 0.518. The normalized spacial score (nSPS) is 17.9. The predicted octanol–water partition coefficient (Wildman–Crippen LogP) is 3.07. The molecule has 444 valence electrons. The van der Waals surface area contributed by atoms with Crippen LogP contribution in [-0.4, -0.2) is 131 Å². The minimum atomic E-state index is -4.24. The van der Waals surface area contributed by atoms with Gasteiger partial charge in [-0.15, -0.1) is 0 Å². The molecule has 3 aromatic rings. The van der Waals surface area contributed by atoms with Crippen LogP contribution in [0.2, 0.25) is 0 Å². The molecule has 9 N–H and O–H groups in total. The maximum atomic E-state index is 14.5. The molecule has 81 heavy (non-hydrogen) atoms. The molecule has 0 aromatic heterocycles. The van der Waals surface area contributed by atoms with Crippen LogP contribution in [0.4, 0.5) is 4.79 Å². The van der Waals surface area contributed by atoms with E-state index in [0.29, 0.717) is 40.0 Å². The van der Waals surface area contributed by atoms with Crippen LogP contribution in [-0.2, 0) is 75.7 Å². The molecule has 0 radical (unpaired) electrons. The minimum Gasteiger partial charge on any atom is -0.496 e. The van der Waals surface area contributed by atoms with Gasteiger partial charge in [0, 0.05) is 19.5 Å². The van der Waals surface area contributed by atoms with Gasteiger partial charge in [0.05, 0.1) is 30.8 Å². The second-order valence-corrected chi connectivity index (χ2v) is 23.0. The third-order valence-electron chi connectivity index (χ3n) is 12.4. The first kappa shape index (κ1) is 65.7. The van der Waals surface area contributed by atoms with Crippen molar-refractivity contribution in [2.24, 2.45) is 16.6 Å². The Bertz CT molecular complexity index is 2770. The standard InChI is InChI=1S/C56H79N9O15S/c1-34-28-44(76-10)35(2)36(3)46(34)81(74,75)65-53(57)58-27-19-25-40-47(67)60-30-45(66)61-42(29-39(51(71)77-31-37-20-13-11-14-21-37)52(72)78-32-38-22-15-12-16-23-38)49(69)64-43(33-79-55(4,5)6)50(70)63-41(48(68)62-40)24-17-18-26-59-54(73)80-56(7,8)9/h11-16,20-23,28,39-43H,17-19,24-27,29-33H2,1-10H3,(H,59,73)(H,60,67)(H,61,66)(H,62,68)(H,63,70)(H,64,69)(H3,57,58,65)/t40-,41-,42-,43-/m0/s1. The average Bonchev–Trinajstić information content (AvgIpc) is 3.45. The zero-order valence-corrected chi connectivity index (χ0v) is 48.6. The van der Waals surface area contributed by atoms with Crippen LogP contribution in [0, 0.1) is 26.7 Å². The molecule has 24 nitrogen and oxygen atoms in total. The molecule has 1 aliphatic rings. The highest BCUT2D eigenvalue weighted by Crippen LogP contribution is 2.30. The number of methoxy groups -OCH3 is 1. The molecule has 0 bridgehead atoms. The lowest BCUT2D eigenvalue weighted by Crippen LogP contribution is -2.59. The van der Waals surface area contributed by atoms with Crippen LogP contribution in [0.15, 0.2) is 76.6 Å². The Balaban J connectivity index is 1.68. The number of nitrogens with two attached hydrogens (primary N) is 1. The van der Waals surface area contributed by atoms with Gasteiger partial charge in [-0.25, -0.2) is 17.9 Å². The van der Waals surface area contributed by atoms with Gasteiger partial charge in [-0.3, -0.25) is 38.6 Å². The Labute approximate surface area is 473 Å². The number of ether oxygens (including phenoxy) is 5. The topological polar surface area (TPSA) is 339 Å². The maximum Gasteiger partial charge on any atom is 0.407 e. The van der Waals surface area contributed by atoms with Gasteiger partial charge in [-0.1, -0.05) is 60.7 Å². The van der Waals surface area contributed by atoms with Crippen molar-refractivity contribution >= 4 is 63.6 Å². The second kappa shape index (κ2) is 30.7. The number of aliphatic imine (C=N–C) groups is 1. The molecule has 1 aliphatic heterocycles. The summed E-state index contributed by atoms with van der Waals surface area (Å²) in [6, 6.07) is 12.6. The third kappa shape index (κ3) is 22.3. The number of esters is 2. The van der Waals surface area contributed by atoms with Gasteiger partial charge in [0.2, 0.25) is 35.5 Å². The van der Waals surface area contributed by atoms with E-state index in [1.165, 1.54) is 7.11 Å². The van der Waals surface area contributed by atoms with Crippen LogP contribution >= 0.6 is 0 Å². The molecule has 1 saturated heterocycles. The van der Waals surface area contributed by atoms with E-state index >= 15 is 0 Å². The number of alkyl carbamates (subject to hydrolysis) is 1. The monoisotopic (exact) mass is 1150 g/mol. The zero-order chi connectivity index (χ0) is 60.1. The van der Waals surface area contributed by atoms with E-state index in [-0.39, 0.29) is 56.9 Å². The second-order valence-electron chi connectivity index (χ2n) is 21.3. The summed E-state index contributed by atoms with van der Waals surface area (Å²) in [4.78, 5) is 116. The summed E-state index contributed by atoms with van der Waals surface area (Å²) in [6.45, 7) is 13.3.